The van der Waals surface area contributed by atoms with Crippen LogP contribution in [0.2, 0.25) is 0 Å². The molecule has 2 fully saturated rings. The number of amides is 2. The molecule has 5 nitrogen and oxygen atoms in total. The fourth-order valence-electron chi connectivity index (χ4n) is 2.17. The summed E-state index contributed by atoms with van der Waals surface area (Å²) in [5, 5.41) is 5.72. The summed E-state index contributed by atoms with van der Waals surface area (Å²) in [5.41, 5.74) is -0.505. The lowest BCUT2D eigenvalue weighted by atomic mass is 10.1. The lowest BCUT2D eigenvalue weighted by Gasteiger charge is -2.24. The van der Waals surface area contributed by atoms with Gasteiger partial charge in [-0.15, -0.1) is 0 Å². The van der Waals surface area contributed by atoms with Crippen molar-refractivity contribution in [3.05, 3.63) is 0 Å². The first kappa shape index (κ1) is 12.2. The molecule has 2 rings (SSSR count). The van der Waals surface area contributed by atoms with Gasteiger partial charge in [-0.05, 0) is 39.5 Å². The van der Waals surface area contributed by atoms with E-state index in [4.69, 9.17) is 4.74 Å². The van der Waals surface area contributed by atoms with Crippen molar-refractivity contribution >= 4 is 12.0 Å². The van der Waals surface area contributed by atoms with E-state index in [1.165, 1.54) is 0 Å². The molecule has 2 N–H and O–H groups in total. The van der Waals surface area contributed by atoms with Gasteiger partial charge in [0.05, 0.1) is 12.1 Å². The highest BCUT2D eigenvalue weighted by molar-refractivity contribution is 5.81. The van der Waals surface area contributed by atoms with Gasteiger partial charge >= 0.3 is 6.09 Å². The Bertz CT molecular complexity index is 331. The monoisotopic (exact) mass is 240 g/mol. The highest BCUT2D eigenvalue weighted by atomic mass is 16.6. The molecule has 1 heterocycles. The first-order chi connectivity index (χ1) is 7.85. The van der Waals surface area contributed by atoms with Crippen LogP contribution in [-0.4, -0.2) is 29.7 Å². The van der Waals surface area contributed by atoms with Gasteiger partial charge < -0.3 is 15.4 Å². The number of hydrogen-bond donors (Lipinski definition) is 2. The molecule has 96 valence electrons. The Balaban J connectivity index is 1.88. The summed E-state index contributed by atoms with van der Waals surface area (Å²) in [4.78, 5) is 23.0. The van der Waals surface area contributed by atoms with Crippen LogP contribution in [0.1, 0.15) is 40.0 Å². The van der Waals surface area contributed by atoms with Crippen LogP contribution in [0.4, 0.5) is 4.79 Å². The van der Waals surface area contributed by atoms with Gasteiger partial charge in [0.25, 0.3) is 0 Å². The highest BCUT2D eigenvalue weighted by Crippen LogP contribution is 2.36. The van der Waals surface area contributed by atoms with Crippen LogP contribution < -0.4 is 10.6 Å². The number of hydrogen-bond acceptors (Lipinski definition) is 3. The third-order valence-electron chi connectivity index (χ3n) is 3.00. The zero-order valence-electron chi connectivity index (χ0n) is 10.6. The minimum atomic E-state index is -0.505. The van der Waals surface area contributed by atoms with E-state index in [2.05, 4.69) is 10.6 Å². The summed E-state index contributed by atoms with van der Waals surface area (Å²) in [6.45, 7) is 5.47. The second-order valence-electron chi connectivity index (χ2n) is 5.89. The molecule has 2 aliphatic rings. The predicted molar refractivity (Wildman–Crippen MR) is 62.4 cm³/mol. The van der Waals surface area contributed by atoms with Crippen molar-refractivity contribution < 1.29 is 14.3 Å². The zero-order valence-corrected chi connectivity index (χ0v) is 10.6. The van der Waals surface area contributed by atoms with Crippen molar-refractivity contribution in [2.24, 2.45) is 5.92 Å². The first-order valence-electron chi connectivity index (χ1n) is 6.14. The molecule has 17 heavy (non-hydrogen) atoms. The number of carbonyl (C=O) groups excluding carboxylic acids is 2. The summed E-state index contributed by atoms with van der Waals surface area (Å²) in [6.07, 6.45) is 2.19. The van der Waals surface area contributed by atoms with Gasteiger partial charge in [-0.3, -0.25) is 4.79 Å². The fraction of sp³-hybridized carbons (Fsp3) is 0.833. The van der Waals surface area contributed by atoms with Crippen LogP contribution in [0, 0.1) is 5.92 Å². The Morgan fingerprint density at radius 3 is 2.59 bits per heavy atom. The maximum Gasteiger partial charge on any atom is 0.407 e. The topological polar surface area (TPSA) is 67.4 Å². The summed E-state index contributed by atoms with van der Waals surface area (Å²) < 4.78 is 5.19. The third kappa shape index (κ3) is 3.35. The molecule has 1 unspecified atom stereocenters. The van der Waals surface area contributed by atoms with Gasteiger partial charge in [-0.2, -0.15) is 0 Å². The van der Waals surface area contributed by atoms with E-state index in [-0.39, 0.29) is 18.0 Å². The average molecular weight is 240 g/mol. The fourth-order valence-corrected chi connectivity index (χ4v) is 2.17. The van der Waals surface area contributed by atoms with Crippen molar-refractivity contribution in [3.8, 4) is 0 Å². The second kappa shape index (κ2) is 4.20. The number of carbonyl (C=O) groups is 2. The molecule has 0 bridgehead atoms. The van der Waals surface area contributed by atoms with E-state index < -0.39 is 11.7 Å². The first-order valence-corrected chi connectivity index (χ1v) is 6.14. The lowest BCUT2D eigenvalue weighted by molar-refractivity contribution is -0.119. The van der Waals surface area contributed by atoms with E-state index in [1.54, 1.807) is 0 Å². The van der Waals surface area contributed by atoms with Crippen molar-refractivity contribution in [2.45, 2.75) is 57.7 Å². The van der Waals surface area contributed by atoms with Crippen LogP contribution in [0.25, 0.3) is 0 Å². The van der Waals surface area contributed by atoms with Crippen molar-refractivity contribution in [1.29, 1.82) is 0 Å². The molecule has 0 aromatic carbocycles. The van der Waals surface area contributed by atoms with Crippen LogP contribution in [-0.2, 0) is 9.53 Å². The Kier molecular flexibility index (Phi) is 3.02. The molecule has 0 aromatic heterocycles. The van der Waals surface area contributed by atoms with Crippen LogP contribution in [0.15, 0.2) is 0 Å². The molecule has 0 aromatic rings. The van der Waals surface area contributed by atoms with Gasteiger partial charge in [0.15, 0.2) is 0 Å². The van der Waals surface area contributed by atoms with E-state index in [1.807, 2.05) is 20.8 Å². The number of nitrogens with one attached hydrogen (secondary N) is 2. The maximum atomic E-state index is 11.6. The van der Waals surface area contributed by atoms with Crippen molar-refractivity contribution in [1.82, 2.24) is 10.6 Å². The van der Waals surface area contributed by atoms with Crippen LogP contribution in [0.3, 0.4) is 0 Å². The van der Waals surface area contributed by atoms with E-state index in [0.717, 1.165) is 12.8 Å². The molecule has 1 saturated heterocycles. The predicted octanol–water partition coefficient (Wildman–Crippen LogP) is 1.18. The van der Waals surface area contributed by atoms with E-state index in [0.29, 0.717) is 12.3 Å². The summed E-state index contributed by atoms with van der Waals surface area (Å²) in [6, 6.07) is -0.0279. The van der Waals surface area contributed by atoms with Gasteiger partial charge in [0.2, 0.25) is 5.91 Å². The largest absolute Gasteiger partial charge is 0.444 e. The molecular weight excluding hydrogens is 220 g/mol. The Morgan fingerprint density at radius 2 is 2.06 bits per heavy atom. The second-order valence-corrected chi connectivity index (χ2v) is 5.89. The third-order valence-corrected chi connectivity index (χ3v) is 3.00. The van der Waals surface area contributed by atoms with Crippen molar-refractivity contribution in [3.63, 3.8) is 0 Å². The standard InChI is InChI=1S/C12H20N2O3/c1-12(2,3)17-11(16)13-8-6-9(15)14-10(8)7-4-5-7/h7-8,10H,4-6H2,1-3H3,(H,13,16)(H,14,15)/t8-,10?/m0/s1. The smallest absolute Gasteiger partial charge is 0.407 e. The molecule has 1 saturated carbocycles. The molecule has 2 amide bonds. The van der Waals surface area contributed by atoms with E-state index >= 15 is 0 Å². The molecule has 0 spiro atoms. The van der Waals surface area contributed by atoms with Crippen LogP contribution >= 0.6 is 0 Å². The lowest BCUT2D eigenvalue weighted by Crippen LogP contribution is -2.46. The van der Waals surface area contributed by atoms with Gasteiger partial charge in [-0.25, -0.2) is 4.79 Å². The van der Waals surface area contributed by atoms with Crippen molar-refractivity contribution in [2.75, 3.05) is 0 Å². The van der Waals surface area contributed by atoms with Gasteiger partial charge in [0.1, 0.15) is 5.60 Å². The Hall–Kier alpha value is -1.26. The van der Waals surface area contributed by atoms with Gasteiger partial charge in [-0.1, -0.05) is 0 Å². The zero-order chi connectivity index (χ0) is 12.6. The molecule has 5 heteroatoms. The normalized spacial score (nSPS) is 28.8. The summed E-state index contributed by atoms with van der Waals surface area (Å²) in [5.74, 6) is 0.546. The van der Waals surface area contributed by atoms with Gasteiger partial charge in [0, 0.05) is 6.42 Å². The Labute approximate surface area is 101 Å². The maximum absolute atomic E-state index is 11.6. The number of alkyl carbamates (subject to hydrolysis) is 1. The molecule has 1 aliphatic heterocycles. The summed E-state index contributed by atoms with van der Waals surface area (Å²) >= 11 is 0. The molecule has 0 radical (unpaired) electrons. The molecule has 2 atom stereocenters. The van der Waals surface area contributed by atoms with Crippen LogP contribution in [0.5, 0.6) is 0 Å². The molecule has 1 aliphatic carbocycles. The van der Waals surface area contributed by atoms with E-state index in [9.17, 15) is 9.59 Å². The molecular formula is C12H20N2O3. The minimum absolute atomic E-state index is 0.0166. The SMILES string of the molecule is CC(C)(C)OC(=O)N[C@H]1CC(=O)NC1C1CC1. The quantitative estimate of drug-likeness (QED) is 0.761. The minimum Gasteiger partial charge on any atom is -0.444 e. The average Bonchev–Trinajstić information content (AvgIpc) is 2.89. The number of rotatable bonds is 2. The summed E-state index contributed by atoms with van der Waals surface area (Å²) in [7, 11) is 0. The number of ether oxygens (including phenoxy) is 1. The Morgan fingerprint density at radius 1 is 1.41 bits per heavy atom. The highest BCUT2D eigenvalue weighted by Gasteiger charge is 2.43.